The first kappa shape index (κ1) is 20.9. The molecule has 1 fully saturated rings. The molecule has 0 radical (unpaired) electrons. The third-order valence-corrected chi connectivity index (χ3v) is 5.52. The Bertz CT molecular complexity index is 1010. The number of hydrogen-bond acceptors (Lipinski definition) is 3. The van der Waals surface area contributed by atoms with Crippen LogP contribution in [0.25, 0.3) is 0 Å². The number of carbonyl (C=O) groups excluding carboxylic acids is 2. The molecule has 0 saturated heterocycles. The Balaban J connectivity index is 1.48. The van der Waals surface area contributed by atoms with Gasteiger partial charge in [-0.05, 0) is 43.0 Å². The third-order valence-electron chi connectivity index (χ3n) is 5.52. The number of hydrogen-bond donors (Lipinski definition) is 0. The molecular weight excluding hydrogens is 388 g/mol. The van der Waals surface area contributed by atoms with Crippen molar-refractivity contribution in [3.8, 4) is 0 Å². The summed E-state index contributed by atoms with van der Waals surface area (Å²) in [6.07, 6.45) is 2.24. The first-order valence-electron chi connectivity index (χ1n) is 10.8. The van der Waals surface area contributed by atoms with Gasteiger partial charge in [-0.1, -0.05) is 60.7 Å². The Kier molecular flexibility index (Phi) is 6.51. The van der Waals surface area contributed by atoms with E-state index in [4.69, 9.17) is 4.42 Å². The SMILES string of the molecule is Cc1ccc(CN(Cc2ccccc2)C(=O)CN(C(=O)Cc2ccccc2)C2CC2)o1. The van der Waals surface area contributed by atoms with E-state index in [1.165, 1.54) is 0 Å². The zero-order valence-electron chi connectivity index (χ0n) is 17.9. The lowest BCUT2D eigenvalue weighted by molar-refractivity contribution is -0.141. The number of aryl methyl sites for hydroxylation is 1. The number of benzene rings is 2. The molecule has 5 nitrogen and oxygen atoms in total. The lowest BCUT2D eigenvalue weighted by Crippen LogP contribution is -2.44. The average molecular weight is 417 g/mol. The highest BCUT2D eigenvalue weighted by atomic mass is 16.3. The molecule has 3 aromatic rings. The van der Waals surface area contributed by atoms with Crippen LogP contribution in [0.4, 0.5) is 0 Å². The van der Waals surface area contributed by atoms with Gasteiger partial charge >= 0.3 is 0 Å². The van der Waals surface area contributed by atoms with Crippen LogP contribution in [0.1, 0.15) is 35.5 Å². The average Bonchev–Trinajstić information content (AvgIpc) is 3.54. The summed E-state index contributed by atoms with van der Waals surface area (Å²) in [5.74, 6) is 1.51. The van der Waals surface area contributed by atoms with Crippen LogP contribution in [0.5, 0.6) is 0 Å². The van der Waals surface area contributed by atoms with E-state index in [0.29, 0.717) is 19.5 Å². The standard InChI is InChI=1S/C26H28N2O3/c1-20-12-15-24(31-20)18-27(17-22-10-6-3-7-11-22)26(30)19-28(23-13-14-23)25(29)16-21-8-4-2-5-9-21/h2-12,15,23H,13-14,16-19H2,1H3. The van der Waals surface area contributed by atoms with E-state index in [9.17, 15) is 9.59 Å². The maximum atomic E-state index is 13.3. The minimum atomic E-state index is -0.0637. The largest absolute Gasteiger partial charge is 0.464 e. The maximum absolute atomic E-state index is 13.3. The Morgan fingerprint density at radius 1 is 0.839 bits per heavy atom. The van der Waals surface area contributed by atoms with Crippen LogP contribution >= 0.6 is 0 Å². The zero-order valence-corrected chi connectivity index (χ0v) is 17.9. The maximum Gasteiger partial charge on any atom is 0.242 e. The summed E-state index contributed by atoms with van der Waals surface area (Å²) in [5.41, 5.74) is 2.02. The molecule has 1 heterocycles. The highest BCUT2D eigenvalue weighted by molar-refractivity contribution is 5.86. The van der Waals surface area contributed by atoms with E-state index < -0.39 is 0 Å². The molecule has 1 saturated carbocycles. The minimum Gasteiger partial charge on any atom is -0.464 e. The number of rotatable bonds is 9. The molecule has 160 valence electrons. The van der Waals surface area contributed by atoms with Crippen LogP contribution < -0.4 is 0 Å². The first-order chi connectivity index (χ1) is 15.1. The fraction of sp³-hybridized carbons (Fsp3) is 0.308. The number of furan rings is 1. The normalized spacial score (nSPS) is 13.1. The summed E-state index contributed by atoms with van der Waals surface area (Å²) in [6, 6.07) is 23.6. The molecule has 0 spiro atoms. The molecule has 2 aromatic carbocycles. The molecule has 0 unspecified atom stereocenters. The van der Waals surface area contributed by atoms with Crippen molar-refractivity contribution >= 4 is 11.8 Å². The van der Waals surface area contributed by atoms with Crippen molar-refractivity contribution in [2.24, 2.45) is 0 Å². The van der Waals surface area contributed by atoms with Gasteiger partial charge in [-0.2, -0.15) is 0 Å². The van der Waals surface area contributed by atoms with Crippen molar-refractivity contribution in [1.82, 2.24) is 9.80 Å². The predicted molar refractivity (Wildman–Crippen MR) is 119 cm³/mol. The highest BCUT2D eigenvalue weighted by Crippen LogP contribution is 2.28. The lowest BCUT2D eigenvalue weighted by Gasteiger charge is -2.27. The van der Waals surface area contributed by atoms with Gasteiger partial charge in [0.15, 0.2) is 0 Å². The quantitative estimate of drug-likeness (QED) is 0.521. The molecule has 31 heavy (non-hydrogen) atoms. The predicted octanol–water partition coefficient (Wildman–Crippen LogP) is 4.35. The van der Waals surface area contributed by atoms with E-state index in [2.05, 4.69) is 0 Å². The topological polar surface area (TPSA) is 53.8 Å². The van der Waals surface area contributed by atoms with Gasteiger partial charge in [-0.15, -0.1) is 0 Å². The van der Waals surface area contributed by atoms with Gasteiger partial charge in [-0.25, -0.2) is 0 Å². The number of nitrogens with zero attached hydrogens (tertiary/aromatic N) is 2. The van der Waals surface area contributed by atoms with Gasteiger partial charge in [0.25, 0.3) is 0 Å². The summed E-state index contributed by atoms with van der Waals surface area (Å²) in [7, 11) is 0. The number of amides is 2. The molecular formula is C26H28N2O3. The van der Waals surface area contributed by atoms with Crippen molar-refractivity contribution in [2.75, 3.05) is 6.54 Å². The van der Waals surface area contributed by atoms with Crippen LogP contribution in [-0.2, 0) is 29.1 Å². The molecule has 0 bridgehead atoms. The van der Waals surface area contributed by atoms with Crippen LogP contribution in [-0.4, -0.2) is 34.2 Å². The molecule has 0 atom stereocenters. The summed E-state index contributed by atoms with van der Waals surface area (Å²) >= 11 is 0. The van der Waals surface area contributed by atoms with Gasteiger partial charge in [-0.3, -0.25) is 9.59 Å². The third kappa shape index (κ3) is 5.85. The Morgan fingerprint density at radius 2 is 1.48 bits per heavy atom. The van der Waals surface area contributed by atoms with Gasteiger partial charge in [0.1, 0.15) is 18.1 Å². The van der Waals surface area contributed by atoms with Crippen molar-refractivity contribution in [2.45, 2.75) is 45.3 Å². The van der Waals surface area contributed by atoms with Crippen molar-refractivity contribution < 1.29 is 14.0 Å². The number of carbonyl (C=O) groups is 2. The molecule has 1 aliphatic carbocycles. The van der Waals surface area contributed by atoms with Gasteiger partial charge in [0.05, 0.1) is 13.0 Å². The molecule has 0 aliphatic heterocycles. The second-order valence-corrected chi connectivity index (χ2v) is 8.16. The Hall–Kier alpha value is -3.34. The first-order valence-corrected chi connectivity index (χ1v) is 10.8. The smallest absolute Gasteiger partial charge is 0.242 e. The van der Waals surface area contributed by atoms with E-state index in [1.54, 1.807) is 9.80 Å². The van der Waals surface area contributed by atoms with Crippen molar-refractivity contribution in [1.29, 1.82) is 0 Å². The molecule has 2 amide bonds. The second-order valence-electron chi connectivity index (χ2n) is 8.16. The summed E-state index contributed by atoms with van der Waals surface area (Å²) in [5, 5.41) is 0. The van der Waals surface area contributed by atoms with Crippen molar-refractivity contribution in [3.63, 3.8) is 0 Å². The minimum absolute atomic E-state index is 0.00977. The molecule has 0 N–H and O–H groups in total. The van der Waals surface area contributed by atoms with Crippen molar-refractivity contribution in [3.05, 3.63) is 95.4 Å². The highest BCUT2D eigenvalue weighted by Gasteiger charge is 2.34. The molecule has 1 aromatic heterocycles. The van der Waals surface area contributed by atoms with E-state index in [-0.39, 0.29) is 24.4 Å². The Morgan fingerprint density at radius 3 is 2.06 bits per heavy atom. The fourth-order valence-corrected chi connectivity index (χ4v) is 3.72. The second kappa shape index (κ2) is 9.65. The molecule has 5 heteroatoms. The van der Waals surface area contributed by atoms with E-state index in [1.807, 2.05) is 79.7 Å². The van der Waals surface area contributed by atoms with Crippen LogP contribution in [0.3, 0.4) is 0 Å². The van der Waals surface area contributed by atoms with Crippen LogP contribution in [0, 0.1) is 6.92 Å². The lowest BCUT2D eigenvalue weighted by atomic mass is 10.1. The van der Waals surface area contributed by atoms with Crippen LogP contribution in [0.15, 0.2) is 77.2 Å². The van der Waals surface area contributed by atoms with E-state index >= 15 is 0 Å². The van der Waals surface area contributed by atoms with Gasteiger partial charge < -0.3 is 14.2 Å². The van der Waals surface area contributed by atoms with Gasteiger partial charge in [0.2, 0.25) is 11.8 Å². The van der Waals surface area contributed by atoms with E-state index in [0.717, 1.165) is 35.5 Å². The van der Waals surface area contributed by atoms with Crippen LogP contribution in [0.2, 0.25) is 0 Å². The summed E-state index contributed by atoms with van der Waals surface area (Å²) in [6.45, 7) is 2.85. The summed E-state index contributed by atoms with van der Waals surface area (Å²) < 4.78 is 5.72. The monoisotopic (exact) mass is 416 g/mol. The molecule has 4 rings (SSSR count). The summed E-state index contributed by atoms with van der Waals surface area (Å²) in [4.78, 5) is 29.9. The zero-order chi connectivity index (χ0) is 21.6. The fourth-order valence-electron chi connectivity index (χ4n) is 3.72. The molecule has 1 aliphatic rings. The van der Waals surface area contributed by atoms with Gasteiger partial charge in [0, 0.05) is 12.6 Å². The Labute approximate surface area is 183 Å².